The van der Waals surface area contributed by atoms with E-state index in [1.165, 1.54) is 31.3 Å². The first-order valence-corrected chi connectivity index (χ1v) is 9.12. The van der Waals surface area contributed by atoms with Gasteiger partial charge in [0.2, 0.25) is 0 Å². The van der Waals surface area contributed by atoms with Crippen molar-refractivity contribution in [2.75, 3.05) is 6.61 Å². The first kappa shape index (κ1) is 18.0. The molecule has 2 N–H and O–H groups in total. The Morgan fingerprint density at radius 1 is 1.14 bits per heavy atom. The fourth-order valence-electron chi connectivity index (χ4n) is 5.90. The van der Waals surface area contributed by atoms with Crippen LogP contribution in [-0.2, 0) is 0 Å². The third-order valence-electron chi connectivity index (χ3n) is 7.03. The van der Waals surface area contributed by atoms with Crippen LogP contribution in [0.1, 0.15) is 79.6 Å². The van der Waals surface area contributed by atoms with Crippen LogP contribution in [-0.4, -0.2) is 22.4 Å². The first-order valence-electron chi connectivity index (χ1n) is 9.12. The largest absolute Gasteiger partial charge is 0.392 e. The number of aliphatic hydroxyl groups excluding tert-OH is 1. The molecule has 0 amide bonds. The molecule has 0 heterocycles. The van der Waals surface area contributed by atoms with E-state index in [1.54, 1.807) is 0 Å². The molecule has 0 spiro atoms. The standard InChI is InChI=1S/C20H36O2/c1-15(10-14-21)7-8-17-19(4)12-6-11-18(2,3)16(19)9-13-20(17,5)22/h10,16-17,21-22H,6-9,11-14H2,1-5H3/b15-10+. The van der Waals surface area contributed by atoms with Crippen LogP contribution in [0.15, 0.2) is 11.6 Å². The average molecular weight is 309 g/mol. The fourth-order valence-corrected chi connectivity index (χ4v) is 5.90. The summed E-state index contributed by atoms with van der Waals surface area (Å²) >= 11 is 0. The van der Waals surface area contributed by atoms with Crippen LogP contribution in [0, 0.1) is 22.7 Å². The minimum atomic E-state index is -0.543. The summed E-state index contributed by atoms with van der Waals surface area (Å²) in [6.45, 7) is 11.6. The number of rotatable bonds is 4. The zero-order valence-corrected chi connectivity index (χ0v) is 15.3. The summed E-state index contributed by atoms with van der Waals surface area (Å²) in [6.07, 6.45) is 9.90. The van der Waals surface area contributed by atoms with E-state index in [2.05, 4.69) is 34.6 Å². The molecule has 2 heteroatoms. The molecule has 2 aliphatic rings. The van der Waals surface area contributed by atoms with Crippen LogP contribution in [0.4, 0.5) is 0 Å². The van der Waals surface area contributed by atoms with Gasteiger partial charge in [0.1, 0.15) is 0 Å². The third kappa shape index (κ3) is 3.28. The lowest BCUT2D eigenvalue weighted by Crippen LogP contribution is -2.57. The lowest BCUT2D eigenvalue weighted by Gasteiger charge is -2.61. The molecule has 0 radical (unpaired) electrons. The summed E-state index contributed by atoms with van der Waals surface area (Å²) in [5.41, 5.74) is 1.36. The van der Waals surface area contributed by atoms with Crippen molar-refractivity contribution in [3.8, 4) is 0 Å². The van der Waals surface area contributed by atoms with Gasteiger partial charge in [-0.25, -0.2) is 0 Å². The molecule has 4 unspecified atom stereocenters. The molecule has 2 nitrogen and oxygen atoms in total. The highest BCUT2D eigenvalue weighted by Crippen LogP contribution is 2.62. The van der Waals surface area contributed by atoms with Crippen LogP contribution in [0.5, 0.6) is 0 Å². The number of aliphatic hydroxyl groups is 2. The molecule has 0 aliphatic heterocycles. The van der Waals surface area contributed by atoms with Gasteiger partial charge in [0.25, 0.3) is 0 Å². The number of fused-ring (bicyclic) bond motifs is 1. The smallest absolute Gasteiger partial charge is 0.0653 e. The molecular formula is C20H36O2. The first-order chi connectivity index (χ1) is 10.1. The lowest BCUT2D eigenvalue weighted by atomic mass is 9.45. The van der Waals surface area contributed by atoms with Crippen LogP contribution in [0.2, 0.25) is 0 Å². The SMILES string of the molecule is C/C(=C\CO)CCC1C(C)(O)CCC2C(C)(C)CCCC21C. The molecule has 2 rings (SSSR count). The minimum absolute atomic E-state index is 0.125. The Morgan fingerprint density at radius 2 is 1.82 bits per heavy atom. The molecule has 0 saturated heterocycles. The van der Waals surface area contributed by atoms with Gasteiger partial charge in [-0.2, -0.15) is 0 Å². The summed E-state index contributed by atoms with van der Waals surface area (Å²) in [4.78, 5) is 0. The van der Waals surface area contributed by atoms with Crippen LogP contribution in [0.25, 0.3) is 0 Å². The van der Waals surface area contributed by atoms with Crippen molar-refractivity contribution >= 4 is 0 Å². The monoisotopic (exact) mass is 308 g/mol. The van der Waals surface area contributed by atoms with E-state index in [1.807, 2.05) is 6.08 Å². The molecule has 0 aromatic carbocycles. The summed E-state index contributed by atoms with van der Waals surface area (Å²) in [6, 6.07) is 0. The van der Waals surface area contributed by atoms with Crippen molar-refractivity contribution in [2.45, 2.75) is 85.2 Å². The van der Waals surface area contributed by atoms with E-state index in [9.17, 15) is 5.11 Å². The van der Waals surface area contributed by atoms with Gasteiger partial charge in [0.15, 0.2) is 0 Å². The summed E-state index contributed by atoms with van der Waals surface area (Å²) in [5.74, 6) is 1.08. The van der Waals surface area contributed by atoms with E-state index >= 15 is 0 Å². The molecule has 0 bridgehead atoms. The Bertz CT molecular complexity index is 421. The maximum absolute atomic E-state index is 11.1. The van der Waals surface area contributed by atoms with Crippen molar-refractivity contribution in [3.05, 3.63) is 11.6 Å². The maximum atomic E-state index is 11.1. The quantitative estimate of drug-likeness (QED) is 0.739. The van der Waals surface area contributed by atoms with Crippen molar-refractivity contribution < 1.29 is 10.2 Å². The maximum Gasteiger partial charge on any atom is 0.0653 e. The molecule has 2 saturated carbocycles. The van der Waals surface area contributed by atoms with Gasteiger partial charge in [0.05, 0.1) is 12.2 Å². The second kappa shape index (κ2) is 6.28. The topological polar surface area (TPSA) is 40.5 Å². The summed E-state index contributed by atoms with van der Waals surface area (Å²) in [7, 11) is 0. The highest BCUT2D eigenvalue weighted by Gasteiger charge is 2.57. The normalized spacial score (nSPS) is 42.0. The zero-order valence-electron chi connectivity index (χ0n) is 15.3. The predicted octanol–water partition coefficient (Wildman–Crippen LogP) is 4.70. The molecule has 22 heavy (non-hydrogen) atoms. The van der Waals surface area contributed by atoms with Gasteiger partial charge in [-0.1, -0.05) is 38.8 Å². The average Bonchev–Trinajstić information content (AvgIpc) is 2.36. The van der Waals surface area contributed by atoms with Gasteiger partial charge in [-0.05, 0) is 75.0 Å². The highest BCUT2D eigenvalue weighted by atomic mass is 16.3. The van der Waals surface area contributed by atoms with Gasteiger partial charge < -0.3 is 10.2 Å². The van der Waals surface area contributed by atoms with Crippen molar-refractivity contribution in [2.24, 2.45) is 22.7 Å². The van der Waals surface area contributed by atoms with E-state index in [-0.39, 0.29) is 12.0 Å². The molecule has 4 atom stereocenters. The molecule has 2 aliphatic carbocycles. The Balaban J connectivity index is 2.24. The number of hydrogen-bond acceptors (Lipinski definition) is 2. The van der Waals surface area contributed by atoms with Crippen LogP contribution in [0.3, 0.4) is 0 Å². The van der Waals surface area contributed by atoms with Gasteiger partial charge >= 0.3 is 0 Å². The molecule has 0 aromatic heterocycles. The van der Waals surface area contributed by atoms with Crippen molar-refractivity contribution in [3.63, 3.8) is 0 Å². The minimum Gasteiger partial charge on any atom is -0.392 e. The van der Waals surface area contributed by atoms with Crippen LogP contribution < -0.4 is 0 Å². The molecule has 0 aromatic rings. The second-order valence-corrected chi connectivity index (χ2v) is 9.12. The second-order valence-electron chi connectivity index (χ2n) is 9.12. The van der Waals surface area contributed by atoms with Gasteiger partial charge in [-0.3, -0.25) is 0 Å². The van der Waals surface area contributed by atoms with E-state index in [0.717, 1.165) is 25.2 Å². The lowest BCUT2D eigenvalue weighted by molar-refractivity contribution is -0.168. The van der Waals surface area contributed by atoms with Crippen molar-refractivity contribution in [1.82, 2.24) is 0 Å². The number of allylic oxidation sites excluding steroid dienone is 1. The van der Waals surface area contributed by atoms with E-state index in [4.69, 9.17) is 5.11 Å². The van der Waals surface area contributed by atoms with Gasteiger partial charge in [0, 0.05) is 0 Å². The molecule has 128 valence electrons. The van der Waals surface area contributed by atoms with Crippen LogP contribution >= 0.6 is 0 Å². The third-order valence-corrected chi connectivity index (χ3v) is 7.03. The van der Waals surface area contributed by atoms with E-state index < -0.39 is 5.60 Å². The summed E-state index contributed by atoms with van der Waals surface area (Å²) < 4.78 is 0. The molecular weight excluding hydrogens is 272 g/mol. The highest BCUT2D eigenvalue weighted by molar-refractivity contribution is 5.09. The fraction of sp³-hybridized carbons (Fsp3) is 0.900. The summed E-state index contributed by atoms with van der Waals surface area (Å²) in [5, 5.41) is 20.1. The van der Waals surface area contributed by atoms with Crippen molar-refractivity contribution in [1.29, 1.82) is 0 Å². The Labute approximate surface area is 137 Å². The predicted molar refractivity (Wildman–Crippen MR) is 92.7 cm³/mol. The Hall–Kier alpha value is -0.340. The number of hydrogen-bond donors (Lipinski definition) is 2. The van der Waals surface area contributed by atoms with E-state index in [0.29, 0.717) is 11.3 Å². The zero-order chi connectivity index (χ0) is 16.6. The van der Waals surface area contributed by atoms with Gasteiger partial charge in [-0.15, -0.1) is 0 Å². The Morgan fingerprint density at radius 3 is 2.45 bits per heavy atom. The Kier molecular flexibility index (Phi) is 5.14. The molecule has 2 fully saturated rings.